The second kappa shape index (κ2) is 5.12. The van der Waals surface area contributed by atoms with E-state index in [1.54, 1.807) is 0 Å². The molecule has 0 N–H and O–H groups in total. The monoisotopic (exact) mass is 426 g/mol. The van der Waals surface area contributed by atoms with Crippen molar-refractivity contribution in [1.29, 1.82) is 0 Å². The minimum Gasteiger partial charge on any atom is -0.0956 e. The van der Waals surface area contributed by atoms with Crippen molar-refractivity contribution in [3.8, 4) is 11.1 Å². The summed E-state index contributed by atoms with van der Waals surface area (Å²) in [5.74, 6) is 0. The molecule has 0 saturated heterocycles. The van der Waals surface area contributed by atoms with Crippen molar-refractivity contribution in [3.05, 3.63) is 43.5 Å². The highest BCUT2D eigenvalue weighted by atomic mass is 127. The lowest BCUT2D eigenvalue weighted by Crippen LogP contribution is -2.05. The van der Waals surface area contributed by atoms with E-state index in [-0.39, 0.29) is 0 Å². The van der Waals surface area contributed by atoms with E-state index in [1.807, 2.05) is 36.4 Å². The molecule has 4 radical (unpaired) electrons. The van der Waals surface area contributed by atoms with Gasteiger partial charge < -0.3 is 0 Å². The van der Waals surface area contributed by atoms with E-state index in [2.05, 4.69) is 45.2 Å². The normalized spacial score (nSPS) is 10.4. The Bertz CT molecular complexity index is 489. The van der Waals surface area contributed by atoms with E-state index in [4.69, 9.17) is 15.7 Å². The molecule has 16 heavy (non-hydrogen) atoms. The molecular formula is C12H6B2I2. The smallest absolute Gasteiger partial charge is 0.0956 e. The zero-order valence-corrected chi connectivity index (χ0v) is 12.7. The summed E-state index contributed by atoms with van der Waals surface area (Å²) >= 11 is 4.60. The highest BCUT2D eigenvalue weighted by Gasteiger charge is 2.06. The first-order chi connectivity index (χ1) is 7.58. The summed E-state index contributed by atoms with van der Waals surface area (Å²) in [4.78, 5) is 0. The molecule has 0 nitrogen and oxygen atoms in total. The predicted molar refractivity (Wildman–Crippen MR) is 88.1 cm³/mol. The van der Waals surface area contributed by atoms with Crippen LogP contribution in [0.3, 0.4) is 0 Å². The second-order valence-corrected chi connectivity index (χ2v) is 5.80. The fourth-order valence-corrected chi connectivity index (χ4v) is 3.16. The van der Waals surface area contributed by atoms with Crippen LogP contribution in [0.1, 0.15) is 0 Å². The molecule has 0 aliphatic rings. The van der Waals surface area contributed by atoms with Crippen LogP contribution in [0.4, 0.5) is 0 Å². The van der Waals surface area contributed by atoms with E-state index in [9.17, 15) is 0 Å². The number of halogens is 2. The average molecular weight is 426 g/mol. The van der Waals surface area contributed by atoms with Crippen LogP contribution in [-0.4, -0.2) is 15.7 Å². The van der Waals surface area contributed by atoms with Crippen LogP contribution in [0.2, 0.25) is 0 Å². The van der Waals surface area contributed by atoms with Crippen molar-refractivity contribution in [3.63, 3.8) is 0 Å². The third kappa shape index (κ3) is 2.64. The molecule has 2 rings (SSSR count). The van der Waals surface area contributed by atoms with Crippen LogP contribution in [0.5, 0.6) is 0 Å². The molecule has 4 heteroatoms. The summed E-state index contributed by atoms with van der Waals surface area (Å²) in [6.07, 6.45) is 0. The second-order valence-electron chi connectivity index (χ2n) is 3.48. The fraction of sp³-hybridized carbons (Fsp3) is 0. The lowest BCUT2D eigenvalue weighted by molar-refractivity contribution is 1.58. The van der Waals surface area contributed by atoms with Crippen molar-refractivity contribution >= 4 is 71.8 Å². The van der Waals surface area contributed by atoms with Gasteiger partial charge in [0, 0.05) is 7.14 Å². The standard InChI is InChI=1S/C12H6B2I2/c13-7-1-3-9(11(15)5-7)10-4-2-8(14)6-12(10)16/h1-6H. The predicted octanol–water partition coefficient (Wildman–Crippen LogP) is 2.15. The first kappa shape index (κ1) is 12.5. The summed E-state index contributed by atoms with van der Waals surface area (Å²) in [7, 11) is 11.5. The first-order valence-electron chi connectivity index (χ1n) is 4.68. The van der Waals surface area contributed by atoms with Crippen molar-refractivity contribution in [2.75, 3.05) is 0 Å². The molecular weight excluding hydrogens is 420 g/mol. The zero-order chi connectivity index (χ0) is 11.7. The number of hydrogen-bond donors (Lipinski definition) is 0. The van der Waals surface area contributed by atoms with Crippen molar-refractivity contribution in [2.45, 2.75) is 0 Å². The Hall–Kier alpha value is 0.0299. The summed E-state index contributed by atoms with van der Waals surface area (Å²) in [6.45, 7) is 0. The molecule has 0 spiro atoms. The maximum absolute atomic E-state index is 5.74. The van der Waals surface area contributed by atoms with Gasteiger partial charge in [0.25, 0.3) is 0 Å². The van der Waals surface area contributed by atoms with Gasteiger partial charge in [0.15, 0.2) is 0 Å². The van der Waals surface area contributed by atoms with Crippen molar-refractivity contribution in [1.82, 2.24) is 0 Å². The van der Waals surface area contributed by atoms with Crippen LogP contribution >= 0.6 is 45.2 Å². The Morgan fingerprint density at radius 1 is 0.688 bits per heavy atom. The van der Waals surface area contributed by atoms with Gasteiger partial charge in [-0.3, -0.25) is 0 Å². The highest BCUT2D eigenvalue weighted by molar-refractivity contribution is 14.1. The van der Waals surface area contributed by atoms with Gasteiger partial charge in [0.05, 0.1) is 0 Å². The molecule has 2 aromatic rings. The Morgan fingerprint density at radius 3 is 1.38 bits per heavy atom. The van der Waals surface area contributed by atoms with Gasteiger partial charge in [-0.25, -0.2) is 0 Å². The maximum Gasteiger partial charge on any atom is 0.113 e. The topological polar surface area (TPSA) is 0 Å². The molecule has 74 valence electrons. The third-order valence-electron chi connectivity index (χ3n) is 2.28. The van der Waals surface area contributed by atoms with Crippen molar-refractivity contribution < 1.29 is 0 Å². The Morgan fingerprint density at radius 2 is 1.06 bits per heavy atom. The number of rotatable bonds is 1. The molecule has 0 fully saturated rings. The summed E-state index contributed by atoms with van der Waals surface area (Å²) in [5, 5.41) is 0. The molecule has 0 aliphatic heterocycles. The van der Waals surface area contributed by atoms with Gasteiger partial charge in [-0.15, -0.1) is 0 Å². The Labute approximate surface area is 125 Å². The van der Waals surface area contributed by atoms with E-state index in [0.717, 1.165) is 18.1 Å². The molecule has 0 heterocycles. The first-order valence-corrected chi connectivity index (χ1v) is 6.84. The molecule has 0 aliphatic carbocycles. The fourth-order valence-electron chi connectivity index (χ4n) is 1.50. The highest BCUT2D eigenvalue weighted by Crippen LogP contribution is 2.27. The average Bonchev–Trinajstić information content (AvgIpc) is 2.19. The van der Waals surface area contributed by atoms with Gasteiger partial charge in [-0.2, -0.15) is 0 Å². The van der Waals surface area contributed by atoms with E-state index in [0.29, 0.717) is 0 Å². The molecule has 2 aromatic carbocycles. The van der Waals surface area contributed by atoms with Gasteiger partial charge in [-0.1, -0.05) is 47.3 Å². The lowest BCUT2D eigenvalue weighted by Gasteiger charge is -2.09. The Kier molecular flexibility index (Phi) is 4.00. The molecule has 0 unspecified atom stereocenters. The molecule has 0 amide bonds. The third-order valence-corrected chi connectivity index (χ3v) is 4.06. The van der Waals surface area contributed by atoms with Crippen molar-refractivity contribution in [2.24, 2.45) is 0 Å². The quantitative estimate of drug-likeness (QED) is 0.485. The summed E-state index contributed by atoms with van der Waals surface area (Å²) < 4.78 is 2.31. The molecule has 0 aromatic heterocycles. The summed E-state index contributed by atoms with van der Waals surface area (Å²) in [5.41, 5.74) is 3.97. The minimum atomic E-state index is 0.790. The summed E-state index contributed by atoms with van der Waals surface area (Å²) in [6, 6.07) is 11.9. The van der Waals surface area contributed by atoms with Gasteiger partial charge in [0.2, 0.25) is 0 Å². The molecule has 0 saturated carbocycles. The van der Waals surface area contributed by atoms with Gasteiger partial charge in [0.1, 0.15) is 15.7 Å². The van der Waals surface area contributed by atoms with Crippen LogP contribution < -0.4 is 10.9 Å². The van der Waals surface area contributed by atoms with Crippen LogP contribution in [0.25, 0.3) is 11.1 Å². The van der Waals surface area contributed by atoms with Gasteiger partial charge in [-0.05, 0) is 56.3 Å². The maximum atomic E-state index is 5.74. The van der Waals surface area contributed by atoms with Crippen LogP contribution in [-0.2, 0) is 0 Å². The lowest BCUT2D eigenvalue weighted by atomic mass is 9.91. The van der Waals surface area contributed by atoms with Crippen LogP contribution in [0, 0.1) is 7.14 Å². The van der Waals surface area contributed by atoms with Crippen LogP contribution in [0.15, 0.2) is 36.4 Å². The van der Waals surface area contributed by atoms with Gasteiger partial charge >= 0.3 is 0 Å². The minimum absolute atomic E-state index is 0.790. The van der Waals surface area contributed by atoms with E-state index in [1.165, 1.54) is 11.1 Å². The molecule has 0 atom stereocenters. The number of hydrogen-bond acceptors (Lipinski definition) is 0. The molecule has 0 bridgehead atoms. The Balaban J connectivity index is 2.59. The zero-order valence-electron chi connectivity index (χ0n) is 8.37. The SMILES string of the molecule is [B]c1ccc(-c2ccc([B])cc2I)c(I)c1. The van der Waals surface area contributed by atoms with E-state index < -0.39 is 0 Å². The van der Waals surface area contributed by atoms with E-state index >= 15 is 0 Å². The largest absolute Gasteiger partial charge is 0.113 e. The number of benzene rings is 2.